The molecule has 1 aliphatic rings. The van der Waals surface area contributed by atoms with Gasteiger partial charge in [-0.1, -0.05) is 0 Å². The first kappa shape index (κ1) is 14.8. The van der Waals surface area contributed by atoms with Crippen LogP contribution in [0.5, 0.6) is 0 Å². The Morgan fingerprint density at radius 1 is 1.24 bits per heavy atom. The topological polar surface area (TPSA) is 97.5 Å². The number of ketones is 1. The van der Waals surface area contributed by atoms with Crippen molar-refractivity contribution < 1.29 is 23.6 Å². The third-order valence-electron chi connectivity index (χ3n) is 3.29. The van der Waals surface area contributed by atoms with E-state index in [0.29, 0.717) is 4.90 Å². The van der Waals surface area contributed by atoms with Crippen molar-refractivity contribution in [3.8, 4) is 0 Å². The molecular formula is C14H13FN2O4. The first-order valence-electron chi connectivity index (χ1n) is 6.29. The van der Waals surface area contributed by atoms with Crippen LogP contribution in [0.4, 0.5) is 4.39 Å². The number of carbonyl (C=O) groups excluding carboxylic acids is 4. The Morgan fingerprint density at radius 3 is 2.43 bits per heavy atom. The van der Waals surface area contributed by atoms with Gasteiger partial charge in [0.1, 0.15) is 17.6 Å². The second-order valence-corrected chi connectivity index (χ2v) is 4.83. The Morgan fingerprint density at radius 2 is 1.86 bits per heavy atom. The molecule has 0 bridgehead atoms. The van der Waals surface area contributed by atoms with Crippen molar-refractivity contribution in [1.29, 1.82) is 0 Å². The number of halogens is 1. The van der Waals surface area contributed by atoms with Gasteiger partial charge in [-0.3, -0.25) is 19.3 Å². The summed E-state index contributed by atoms with van der Waals surface area (Å²) in [5, 5.41) is 0. The third kappa shape index (κ3) is 2.67. The van der Waals surface area contributed by atoms with Gasteiger partial charge in [-0.25, -0.2) is 4.39 Å². The van der Waals surface area contributed by atoms with Crippen molar-refractivity contribution in [2.75, 3.05) is 0 Å². The molecule has 1 aromatic carbocycles. The number of hydrogen-bond donors (Lipinski definition) is 1. The molecule has 0 saturated carbocycles. The molecule has 0 radical (unpaired) electrons. The normalized spacial score (nSPS) is 15.0. The molecule has 0 fully saturated rings. The van der Waals surface area contributed by atoms with Gasteiger partial charge in [0, 0.05) is 6.42 Å². The maximum absolute atomic E-state index is 13.2. The van der Waals surface area contributed by atoms with E-state index >= 15 is 0 Å². The van der Waals surface area contributed by atoms with Crippen LogP contribution in [0.25, 0.3) is 0 Å². The average molecular weight is 292 g/mol. The highest BCUT2D eigenvalue weighted by Gasteiger charge is 2.42. The van der Waals surface area contributed by atoms with E-state index in [-0.39, 0.29) is 29.8 Å². The second kappa shape index (κ2) is 5.43. The van der Waals surface area contributed by atoms with E-state index in [1.54, 1.807) is 0 Å². The predicted octanol–water partition coefficient (Wildman–Crippen LogP) is 0.645. The zero-order valence-corrected chi connectivity index (χ0v) is 11.3. The highest BCUT2D eigenvalue weighted by Crippen LogP contribution is 2.26. The first-order chi connectivity index (χ1) is 9.82. The summed E-state index contributed by atoms with van der Waals surface area (Å²) in [4.78, 5) is 47.6. The lowest BCUT2D eigenvalue weighted by atomic mass is 10.1. The highest BCUT2D eigenvalue weighted by molar-refractivity contribution is 6.22. The fraction of sp³-hybridized carbons (Fsp3) is 0.286. The van der Waals surface area contributed by atoms with Crippen LogP contribution in [0, 0.1) is 5.82 Å². The zero-order valence-electron chi connectivity index (χ0n) is 11.3. The molecule has 1 aliphatic heterocycles. The van der Waals surface area contributed by atoms with Crippen molar-refractivity contribution in [3.63, 3.8) is 0 Å². The molecule has 1 aromatic rings. The quantitative estimate of drug-likeness (QED) is 0.805. The van der Waals surface area contributed by atoms with Gasteiger partial charge < -0.3 is 10.5 Å². The monoisotopic (exact) mass is 292 g/mol. The van der Waals surface area contributed by atoms with Gasteiger partial charge >= 0.3 is 0 Å². The Balaban J connectivity index is 2.36. The summed E-state index contributed by atoms with van der Waals surface area (Å²) in [5.41, 5.74) is 5.14. The summed E-state index contributed by atoms with van der Waals surface area (Å²) >= 11 is 0. The zero-order chi connectivity index (χ0) is 15.7. The van der Waals surface area contributed by atoms with Gasteiger partial charge in [0.2, 0.25) is 5.91 Å². The van der Waals surface area contributed by atoms with Crippen LogP contribution in [-0.2, 0) is 9.59 Å². The van der Waals surface area contributed by atoms with Crippen LogP contribution in [0.2, 0.25) is 0 Å². The van der Waals surface area contributed by atoms with Gasteiger partial charge in [0.15, 0.2) is 0 Å². The maximum Gasteiger partial charge on any atom is 0.262 e. The van der Waals surface area contributed by atoms with E-state index in [0.717, 1.165) is 12.1 Å². The molecule has 0 saturated heterocycles. The smallest absolute Gasteiger partial charge is 0.262 e. The van der Waals surface area contributed by atoms with Gasteiger partial charge in [-0.05, 0) is 31.5 Å². The van der Waals surface area contributed by atoms with Gasteiger partial charge in [-0.2, -0.15) is 0 Å². The fourth-order valence-corrected chi connectivity index (χ4v) is 2.25. The van der Waals surface area contributed by atoms with Gasteiger partial charge in [0.25, 0.3) is 11.8 Å². The SMILES string of the molecule is CC(=O)CCC(C(N)=O)N1C(=O)c2ccc(F)cc2C1=O. The molecule has 1 heterocycles. The van der Waals surface area contributed by atoms with Crippen LogP contribution in [-0.4, -0.2) is 34.4 Å². The number of benzene rings is 1. The standard InChI is InChI=1S/C14H13FN2O4/c1-7(18)2-5-11(12(16)19)17-13(20)9-4-3-8(15)6-10(9)14(17)21/h3-4,6,11H,2,5H2,1H3,(H2,16,19). The van der Waals surface area contributed by atoms with Crippen molar-refractivity contribution in [3.05, 3.63) is 35.1 Å². The van der Waals surface area contributed by atoms with Crippen LogP contribution >= 0.6 is 0 Å². The Kier molecular flexibility index (Phi) is 3.84. The summed E-state index contributed by atoms with van der Waals surface area (Å²) in [6, 6.07) is 1.97. The molecule has 0 spiro atoms. The summed E-state index contributed by atoms with van der Waals surface area (Å²) in [6.07, 6.45) is -0.0337. The van der Waals surface area contributed by atoms with E-state index < -0.39 is 29.6 Å². The van der Waals surface area contributed by atoms with Crippen molar-refractivity contribution >= 4 is 23.5 Å². The molecule has 1 unspecified atom stereocenters. The number of Topliss-reactive ketones (excluding diaryl/α,β-unsaturated/α-hetero) is 1. The van der Waals surface area contributed by atoms with Crippen molar-refractivity contribution in [2.24, 2.45) is 5.73 Å². The number of nitrogens with two attached hydrogens (primary N) is 1. The number of nitrogens with zero attached hydrogens (tertiary/aromatic N) is 1. The second-order valence-electron chi connectivity index (χ2n) is 4.83. The molecule has 7 heteroatoms. The van der Waals surface area contributed by atoms with E-state index in [9.17, 15) is 23.6 Å². The lowest BCUT2D eigenvalue weighted by molar-refractivity contribution is -0.122. The lowest BCUT2D eigenvalue weighted by Gasteiger charge is -2.22. The van der Waals surface area contributed by atoms with E-state index in [2.05, 4.69) is 0 Å². The summed E-state index contributed by atoms with van der Waals surface area (Å²) in [5.74, 6) is -3.21. The van der Waals surface area contributed by atoms with E-state index in [1.807, 2.05) is 0 Å². The number of rotatable bonds is 5. The lowest BCUT2D eigenvalue weighted by Crippen LogP contribution is -2.48. The molecule has 1 atom stereocenters. The number of primary amides is 1. The average Bonchev–Trinajstić information content (AvgIpc) is 2.63. The molecule has 2 N–H and O–H groups in total. The molecule has 6 nitrogen and oxygen atoms in total. The first-order valence-corrected chi connectivity index (χ1v) is 6.29. The fourth-order valence-electron chi connectivity index (χ4n) is 2.25. The van der Waals surface area contributed by atoms with Crippen LogP contribution in [0.15, 0.2) is 18.2 Å². The summed E-state index contributed by atoms with van der Waals surface area (Å²) in [6.45, 7) is 1.33. The van der Waals surface area contributed by atoms with Crippen LogP contribution in [0.3, 0.4) is 0 Å². The molecular weight excluding hydrogens is 279 g/mol. The largest absolute Gasteiger partial charge is 0.368 e. The van der Waals surface area contributed by atoms with Gasteiger partial charge in [-0.15, -0.1) is 0 Å². The van der Waals surface area contributed by atoms with Gasteiger partial charge in [0.05, 0.1) is 11.1 Å². The molecule has 3 amide bonds. The minimum Gasteiger partial charge on any atom is -0.368 e. The number of hydrogen-bond acceptors (Lipinski definition) is 4. The summed E-state index contributed by atoms with van der Waals surface area (Å²) in [7, 11) is 0. The molecule has 0 aromatic heterocycles. The number of fused-ring (bicyclic) bond motifs is 1. The molecule has 110 valence electrons. The molecule has 2 rings (SSSR count). The minimum absolute atomic E-state index is 0.00930. The Labute approximate surface area is 119 Å². The number of imide groups is 1. The number of amides is 3. The van der Waals surface area contributed by atoms with E-state index in [1.165, 1.54) is 13.0 Å². The highest BCUT2D eigenvalue weighted by atomic mass is 19.1. The van der Waals surface area contributed by atoms with E-state index in [4.69, 9.17) is 5.73 Å². The summed E-state index contributed by atoms with van der Waals surface area (Å²) < 4.78 is 13.2. The van der Waals surface area contributed by atoms with Crippen molar-refractivity contribution in [2.45, 2.75) is 25.8 Å². The number of carbonyl (C=O) groups is 4. The minimum atomic E-state index is -1.22. The maximum atomic E-state index is 13.2. The van der Waals surface area contributed by atoms with Crippen molar-refractivity contribution in [1.82, 2.24) is 4.90 Å². The Hall–Kier alpha value is -2.57. The molecule has 21 heavy (non-hydrogen) atoms. The van der Waals surface area contributed by atoms with Crippen LogP contribution in [0.1, 0.15) is 40.5 Å². The van der Waals surface area contributed by atoms with Crippen LogP contribution < -0.4 is 5.73 Å². The Bertz CT molecular complexity index is 656. The third-order valence-corrected chi connectivity index (χ3v) is 3.29. The predicted molar refractivity (Wildman–Crippen MR) is 69.8 cm³/mol. The molecule has 0 aliphatic carbocycles.